The standard InChI is InChI=1S/C11H17NO3/c1-2-11(4-5-11)10(15)12-6-3-8(7-12)9(13)14/h8H,2-7H2,1H3,(H,13,14). The van der Waals surface area contributed by atoms with Crippen LogP contribution in [-0.4, -0.2) is 35.0 Å². The summed E-state index contributed by atoms with van der Waals surface area (Å²) in [4.78, 5) is 24.6. The third-order valence-electron chi connectivity index (χ3n) is 3.81. The number of likely N-dealkylation sites (tertiary alicyclic amines) is 1. The number of rotatable bonds is 3. The van der Waals surface area contributed by atoms with Crippen molar-refractivity contribution in [3.05, 3.63) is 0 Å². The molecular formula is C11H17NO3. The number of hydrogen-bond donors (Lipinski definition) is 1. The monoisotopic (exact) mass is 211 g/mol. The molecule has 1 aliphatic heterocycles. The summed E-state index contributed by atoms with van der Waals surface area (Å²) < 4.78 is 0. The van der Waals surface area contributed by atoms with E-state index in [4.69, 9.17) is 5.11 Å². The van der Waals surface area contributed by atoms with Crippen molar-refractivity contribution < 1.29 is 14.7 Å². The lowest BCUT2D eigenvalue weighted by Gasteiger charge is -2.21. The van der Waals surface area contributed by atoms with Gasteiger partial charge in [-0.3, -0.25) is 9.59 Å². The van der Waals surface area contributed by atoms with Crippen LogP contribution in [0.25, 0.3) is 0 Å². The Balaban J connectivity index is 1.96. The molecule has 2 aliphatic rings. The van der Waals surface area contributed by atoms with E-state index < -0.39 is 5.97 Å². The summed E-state index contributed by atoms with van der Waals surface area (Å²) in [5.74, 6) is -0.929. The molecule has 0 aromatic carbocycles. The van der Waals surface area contributed by atoms with Gasteiger partial charge in [0.1, 0.15) is 0 Å². The normalized spacial score (nSPS) is 27.8. The number of carbonyl (C=O) groups is 2. The Morgan fingerprint density at radius 3 is 2.53 bits per heavy atom. The fourth-order valence-electron chi connectivity index (χ4n) is 2.35. The molecule has 0 aromatic rings. The van der Waals surface area contributed by atoms with Crippen molar-refractivity contribution in [2.75, 3.05) is 13.1 Å². The largest absolute Gasteiger partial charge is 0.481 e. The third-order valence-corrected chi connectivity index (χ3v) is 3.81. The van der Waals surface area contributed by atoms with Crippen LogP contribution >= 0.6 is 0 Å². The molecule has 15 heavy (non-hydrogen) atoms. The Morgan fingerprint density at radius 1 is 1.47 bits per heavy atom. The third kappa shape index (κ3) is 1.73. The highest BCUT2D eigenvalue weighted by Crippen LogP contribution is 2.50. The molecule has 1 atom stereocenters. The van der Waals surface area contributed by atoms with Gasteiger partial charge in [-0.05, 0) is 25.7 Å². The van der Waals surface area contributed by atoms with Gasteiger partial charge >= 0.3 is 5.97 Å². The fourth-order valence-corrected chi connectivity index (χ4v) is 2.35. The summed E-state index contributed by atoms with van der Waals surface area (Å²) in [6.45, 7) is 3.07. The van der Waals surface area contributed by atoms with Crippen LogP contribution in [0.2, 0.25) is 0 Å². The maximum absolute atomic E-state index is 12.1. The van der Waals surface area contributed by atoms with Crippen LogP contribution in [0.1, 0.15) is 32.6 Å². The maximum Gasteiger partial charge on any atom is 0.308 e. The molecule has 2 fully saturated rings. The molecule has 4 nitrogen and oxygen atoms in total. The van der Waals surface area contributed by atoms with Crippen molar-refractivity contribution in [1.82, 2.24) is 4.90 Å². The summed E-state index contributed by atoms with van der Waals surface area (Å²) in [5.41, 5.74) is -0.118. The minimum absolute atomic E-state index is 0.118. The predicted molar refractivity (Wildman–Crippen MR) is 54.3 cm³/mol. The summed E-state index contributed by atoms with van der Waals surface area (Å²) in [6, 6.07) is 0. The van der Waals surface area contributed by atoms with Crippen molar-refractivity contribution in [2.45, 2.75) is 32.6 Å². The zero-order valence-electron chi connectivity index (χ0n) is 9.03. The fraction of sp³-hybridized carbons (Fsp3) is 0.818. The van der Waals surface area contributed by atoms with Gasteiger partial charge < -0.3 is 10.0 Å². The van der Waals surface area contributed by atoms with Crippen molar-refractivity contribution in [3.8, 4) is 0 Å². The van der Waals surface area contributed by atoms with E-state index in [0.717, 1.165) is 19.3 Å². The molecule has 1 aliphatic carbocycles. The average Bonchev–Trinajstić information content (AvgIpc) is 2.86. The topological polar surface area (TPSA) is 57.6 Å². The lowest BCUT2D eigenvalue weighted by atomic mass is 10.0. The molecular weight excluding hydrogens is 194 g/mol. The van der Waals surface area contributed by atoms with E-state index in [9.17, 15) is 9.59 Å². The first kappa shape index (κ1) is 10.5. The Hall–Kier alpha value is -1.06. The van der Waals surface area contributed by atoms with Gasteiger partial charge in [0.25, 0.3) is 0 Å². The van der Waals surface area contributed by atoms with Crippen LogP contribution in [0.15, 0.2) is 0 Å². The van der Waals surface area contributed by atoms with Crippen LogP contribution < -0.4 is 0 Å². The molecule has 0 radical (unpaired) electrons. The van der Waals surface area contributed by atoms with Crippen LogP contribution in [0.4, 0.5) is 0 Å². The molecule has 4 heteroatoms. The highest BCUT2D eigenvalue weighted by molar-refractivity contribution is 5.86. The smallest absolute Gasteiger partial charge is 0.308 e. The molecule has 1 saturated carbocycles. The second-order valence-electron chi connectivity index (χ2n) is 4.71. The van der Waals surface area contributed by atoms with E-state index >= 15 is 0 Å². The Bertz CT molecular complexity index is 296. The van der Waals surface area contributed by atoms with E-state index in [1.54, 1.807) is 4.90 Å². The second kappa shape index (κ2) is 3.51. The lowest BCUT2D eigenvalue weighted by molar-refractivity contribution is -0.141. The Morgan fingerprint density at radius 2 is 2.13 bits per heavy atom. The van der Waals surface area contributed by atoms with Crippen molar-refractivity contribution in [3.63, 3.8) is 0 Å². The van der Waals surface area contributed by atoms with Crippen LogP contribution in [0.5, 0.6) is 0 Å². The van der Waals surface area contributed by atoms with Gasteiger partial charge in [0, 0.05) is 18.5 Å². The quantitative estimate of drug-likeness (QED) is 0.760. The van der Waals surface area contributed by atoms with Gasteiger partial charge in [-0.15, -0.1) is 0 Å². The predicted octanol–water partition coefficient (Wildman–Crippen LogP) is 1.11. The highest BCUT2D eigenvalue weighted by Gasteiger charge is 2.51. The minimum Gasteiger partial charge on any atom is -0.481 e. The van der Waals surface area contributed by atoms with Crippen LogP contribution in [0, 0.1) is 11.3 Å². The summed E-state index contributed by atoms with van der Waals surface area (Å²) >= 11 is 0. The van der Waals surface area contributed by atoms with Crippen LogP contribution in [0.3, 0.4) is 0 Å². The second-order valence-corrected chi connectivity index (χ2v) is 4.71. The van der Waals surface area contributed by atoms with E-state index in [1.165, 1.54) is 0 Å². The van der Waals surface area contributed by atoms with E-state index in [-0.39, 0.29) is 17.2 Å². The zero-order valence-corrected chi connectivity index (χ0v) is 9.03. The molecule has 1 heterocycles. The molecule has 2 rings (SSSR count). The number of carbonyl (C=O) groups excluding carboxylic acids is 1. The number of aliphatic carboxylic acids is 1. The molecule has 1 saturated heterocycles. The number of carboxylic acid groups (broad SMARTS) is 1. The first-order valence-corrected chi connectivity index (χ1v) is 5.61. The molecule has 1 N–H and O–H groups in total. The van der Waals surface area contributed by atoms with Crippen molar-refractivity contribution in [1.29, 1.82) is 0 Å². The molecule has 0 aromatic heterocycles. The summed E-state index contributed by atoms with van der Waals surface area (Å²) in [5, 5.41) is 8.85. The SMILES string of the molecule is CCC1(C(=O)N2CCC(C(=O)O)C2)CC1. The molecule has 1 amide bonds. The first-order valence-electron chi connectivity index (χ1n) is 5.61. The Labute approximate surface area is 89.3 Å². The van der Waals surface area contributed by atoms with E-state index in [0.29, 0.717) is 19.5 Å². The lowest BCUT2D eigenvalue weighted by Crippen LogP contribution is -2.36. The number of carboxylic acids is 1. The minimum atomic E-state index is -0.772. The molecule has 0 spiro atoms. The van der Waals surface area contributed by atoms with Gasteiger partial charge in [0.15, 0.2) is 0 Å². The van der Waals surface area contributed by atoms with Gasteiger partial charge in [-0.1, -0.05) is 6.92 Å². The molecule has 1 unspecified atom stereocenters. The maximum atomic E-state index is 12.1. The van der Waals surface area contributed by atoms with Crippen LogP contribution in [-0.2, 0) is 9.59 Å². The number of amides is 1. The van der Waals surface area contributed by atoms with Crippen molar-refractivity contribution in [2.24, 2.45) is 11.3 Å². The number of hydrogen-bond acceptors (Lipinski definition) is 2. The number of nitrogens with zero attached hydrogens (tertiary/aromatic N) is 1. The van der Waals surface area contributed by atoms with Crippen molar-refractivity contribution >= 4 is 11.9 Å². The first-order chi connectivity index (χ1) is 7.09. The van der Waals surface area contributed by atoms with E-state index in [1.807, 2.05) is 6.92 Å². The van der Waals surface area contributed by atoms with Gasteiger partial charge in [-0.2, -0.15) is 0 Å². The molecule has 0 bridgehead atoms. The average molecular weight is 211 g/mol. The van der Waals surface area contributed by atoms with Gasteiger partial charge in [-0.25, -0.2) is 0 Å². The molecule has 84 valence electrons. The van der Waals surface area contributed by atoms with E-state index in [2.05, 4.69) is 0 Å². The van der Waals surface area contributed by atoms with Gasteiger partial charge in [0.05, 0.1) is 5.92 Å². The Kier molecular flexibility index (Phi) is 2.44. The summed E-state index contributed by atoms with van der Waals surface area (Å²) in [7, 11) is 0. The highest BCUT2D eigenvalue weighted by atomic mass is 16.4. The zero-order chi connectivity index (χ0) is 11.1. The van der Waals surface area contributed by atoms with Gasteiger partial charge in [0.2, 0.25) is 5.91 Å². The summed E-state index contributed by atoms with van der Waals surface area (Å²) in [6.07, 6.45) is 3.47.